The average molecular weight is 311 g/mol. The number of thiazole rings is 1. The molecule has 0 aliphatic carbocycles. The zero-order chi connectivity index (χ0) is 15.4. The minimum Gasteiger partial charge on any atom is -0.411 e. The molecule has 0 aliphatic rings. The highest BCUT2D eigenvalue weighted by atomic mass is 32.1. The largest absolute Gasteiger partial charge is 0.411 e. The van der Waals surface area contributed by atoms with Crippen molar-refractivity contribution < 1.29 is 18.8 Å². The third kappa shape index (κ3) is 3.60. The Bertz CT molecular complexity index is 700. The Morgan fingerprint density at radius 1 is 1.48 bits per heavy atom. The number of benzene rings is 1. The molecule has 21 heavy (non-hydrogen) atoms. The van der Waals surface area contributed by atoms with Gasteiger partial charge >= 0.3 is 0 Å². The molecule has 0 fully saturated rings. The fourth-order valence-corrected chi connectivity index (χ4v) is 2.34. The first-order chi connectivity index (χ1) is 10.0. The summed E-state index contributed by atoms with van der Waals surface area (Å²) in [5, 5.41) is 16.0. The zero-order valence-corrected chi connectivity index (χ0v) is 11.7. The highest BCUT2D eigenvalue weighted by molar-refractivity contribution is 7.14. The summed E-state index contributed by atoms with van der Waals surface area (Å²) in [5.41, 5.74) is 0.704. The first kappa shape index (κ1) is 15.0. The number of oxime groups is 1. The number of halogens is 2. The predicted octanol–water partition coefficient (Wildman–Crippen LogP) is 2.80. The van der Waals surface area contributed by atoms with Crippen molar-refractivity contribution in [3.8, 4) is 0 Å². The maximum atomic E-state index is 13.4. The first-order valence-corrected chi connectivity index (χ1v) is 6.76. The summed E-state index contributed by atoms with van der Waals surface area (Å²) in [6, 6.07) is 3.66. The Hall–Kier alpha value is -2.35. The summed E-state index contributed by atoms with van der Waals surface area (Å²) in [6.45, 7) is 1.56. The van der Waals surface area contributed by atoms with Crippen molar-refractivity contribution in [2.24, 2.45) is 5.16 Å². The number of anilines is 1. The van der Waals surface area contributed by atoms with Crippen LogP contribution in [0.5, 0.6) is 0 Å². The molecule has 0 aliphatic heterocycles. The molecule has 0 saturated heterocycles. The van der Waals surface area contributed by atoms with Crippen LogP contribution in [0.25, 0.3) is 0 Å². The van der Waals surface area contributed by atoms with Crippen LogP contribution in [-0.4, -0.2) is 21.8 Å². The SMILES string of the molecule is C/C(=N/O)c1csc(NC(=O)Cc2cccc(F)c2F)n1. The molecular weight excluding hydrogens is 300 g/mol. The molecule has 1 aromatic carbocycles. The average Bonchev–Trinajstić information content (AvgIpc) is 2.91. The molecule has 2 aromatic rings. The molecule has 0 bridgehead atoms. The van der Waals surface area contributed by atoms with Crippen molar-refractivity contribution >= 4 is 28.1 Å². The van der Waals surface area contributed by atoms with E-state index >= 15 is 0 Å². The molecule has 2 N–H and O–H groups in total. The van der Waals surface area contributed by atoms with Gasteiger partial charge < -0.3 is 10.5 Å². The normalized spacial score (nSPS) is 11.5. The molecule has 2 rings (SSSR count). The van der Waals surface area contributed by atoms with Crippen molar-refractivity contribution in [3.63, 3.8) is 0 Å². The maximum absolute atomic E-state index is 13.4. The van der Waals surface area contributed by atoms with Gasteiger partial charge in [-0.1, -0.05) is 17.3 Å². The third-order valence-electron chi connectivity index (χ3n) is 2.65. The molecule has 0 saturated carbocycles. The van der Waals surface area contributed by atoms with Crippen molar-refractivity contribution in [1.29, 1.82) is 0 Å². The van der Waals surface area contributed by atoms with Crippen LogP contribution in [0.3, 0.4) is 0 Å². The van der Waals surface area contributed by atoms with Gasteiger partial charge in [-0.05, 0) is 13.0 Å². The smallest absolute Gasteiger partial charge is 0.230 e. The Morgan fingerprint density at radius 2 is 2.24 bits per heavy atom. The highest BCUT2D eigenvalue weighted by Crippen LogP contribution is 2.17. The molecule has 110 valence electrons. The van der Waals surface area contributed by atoms with Crippen LogP contribution in [-0.2, 0) is 11.2 Å². The van der Waals surface area contributed by atoms with Crippen molar-refractivity contribution in [2.45, 2.75) is 13.3 Å². The Morgan fingerprint density at radius 3 is 2.95 bits per heavy atom. The van der Waals surface area contributed by atoms with E-state index in [0.717, 1.165) is 17.4 Å². The van der Waals surface area contributed by atoms with E-state index in [2.05, 4.69) is 15.5 Å². The lowest BCUT2D eigenvalue weighted by atomic mass is 10.1. The lowest BCUT2D eigenvalue weighted by Gasteiger charge is -2.04. The van der Waals surface area contributed by atoms with Crippen LogP contribution in [0.2, 0.25) is 0 Å². The van der Waals surface area contributed by atoms with Gasteiger partial charge in [0.25, 0.3) is 0 Å². The summed E-state index contributed by atoms with van der Waals surface area (Å²) in [6.07, 6.45) is -0.300. The summed E-state index contributed by atoms with van der Waals surface area (Å²) in [4.78, 5) is 15.8. The molecule has 8 heteroatoms. The third-order valence-corrected chi connectivity index (χ3v) is 3.41. The van der Waals surface area contributed by atoms with Gasteiger partial charge in [-0.15, -0.1) is 11.3 Å². The summed E-state index contributed by atoms with van der Waals surface area (Å²) in [5.74, 6) is -2.54. The van der Waals surface area contributed by atoms with E-state index in [9.17, 15) is 13.6 Å². The van der Waals surface area contributed by atoms with Gasteiger partial charge in [0.15, 0.2) is 16.8 Å². The van der Waals surface area contributed by atoms with Gasteiger partial charge in [0.2, 0.25) is 5.91 Å². The van der Waals surface area contributed by atoms with Gasteiger partial charge in [-0.3, -0.25) is 4.79 Å². The summed E-state index contributed by atoms with van der Waals surface area (Å²) in [7, 11) is 0. The van der Waals surface area contributed by atoms with E-state index in [1.807, 2.05) is 0 Å². The molecule has 1 amide bonds. The van der Waals surface area contributed by atoms with Crippen LogP contribution in [0, 0.1) is 11.6 Å². The minimum atomic E-state index is -1.03. The zero-order valence-electron chi connectivity index (χ0n) is 10.9. The molecule has 5 nitrogen and oxygen atoms in total. The maximum Gasteiger partial charge on any atom is 0.230 e. The number of hydrogen-bond donors (Lipinski definition) is 2. The number of aromatic nitrogens is 1. The van der Waals surface area contributed by atoms with Crippen LogP contribution in [0.15, 0.2) is 28.7 Å². The number of nitrogens with zero attached hydrogens (tertiary/aromatic N) is 2. The molecule has 0 atom stereocenters. The molecule has 0 unspecified atom stereocenters. The number of carbonyl (C=O) groups excluding carboxylic acids is 1. The number of rotatable bonds is 4. The Balaban J connectivity index is 2.05. The van der Waals surface area contributed by atoms with E-state index in [-0.39, 0.29) is 17.1 Å². The van der Waals surface area contributed by atoms with Crippen LogP contribution >= 0.6 is 11.3 Å². The molecule has 0 radical (unpaired) electrons. The molecule has 1 heterocycles. The quantitative estimate of drug-likeness (QED) is 0.518. The van der Waals surface area contributed by atoms with Gasteiger partial charge in [0.05, 0.1) is 6.42 Å². The monoisotopic (exact) mass is 311 g/mol. The van der Waals surface area contributed by atoms with E-state index in [4.69, 9.17) is 5.21 Å². The molecule has 0 spiro atoms. The molecular formula is C13H11F2N3O2S. The second kappa shape index (κ2) is 6.40. The fourth-order valence-electron chi connectivity index (χ4n) is 1.57. The summed E-state index contributed by atoms with van der Waals surface area (Å²) < 4.78 is 26.5. The van der Waals surface area contributed by atoms with Crippen LogP contribution in [0.1, 0.15) is 18.2 Å². The van der Waals surface area contributed by atoms with Gasteiger partial charge in [-0.2, -0.15) is 0 Å². The fraction of sp³-hybridized carbons (Fsp3) is 0.154. The van der Waals surface area contributed by atoms with Crippen molar-refractivity contribution in [1.82, 2.24) is 4.98 Å². The number of amides is 1. The second-order valence-electron chi connectivity index (χ2n) is 4.16. The topological polar surface area (TPSA) is 74.6 Å². The van der Waals surface area contributed by atoms with Crippen LogP contribution in [0.4, 0.5) is 13.9 Å². The Kier molecular flexibility index (Phi) is 4.59. The number of hydrogen-bond acceptors (Lipinski definition) is 5. The standard InChI is InChI=1S/C13H11F2N3O2S/c1-7(18-20)10-6-21-13(16-10)17-11(19)5-8-3-2-4-9(14)12(8)15/h2-4,6,20H,5H2,1H3,(H,16,17,19)/b18-7-. The number of carbonyl (C=O) groups is 1. The highest BCUT2D eigenvalue weighted by Gasteiger charge is 2.13. The predicted molar refractivity (Wildman–Crippen MR) is 74.8 cm³/mol. The van der Waals surface area contributed by atoms with Crippen molar-refractivity contribution in [2.75, 3.05) is 5.32 Å². The van der Waals surface area contributed by atoms with Gasteiger partial charge in [0, 0.05) is 10.9 Å². The molecule has 1 aromatic heterocycles. The van der Waals surface area contributed by atoms with E-state index in [0.29, 0.717) is 11.4 Å². The number of nitrogens with one attached hydrogen (secondary N) is 1. The summed E-state index contributed by atoms with van der Waals surface area (Å²) >= 11 is 1.14. The van der Waals surface area contributed by atoms with E-state index in [1.165, 1.54) is 12.1 Å². The van der Waals surface area contributed by atoms with E-state index in [1.54, 1.807) is 12.3 Å². The first-order valence-electron chi connectivity index (χ1n) is 5.88. The second-order valence-corrected chi connectivity index (χ2v) is 5.02. The van der Waals surface area contributed by atoms with Crippen LogP contribution < -0.4 is 5.32 Å². The Labute approximate surface area is 122 Å². The van der Waals surface area contributed by atoms with Crippen molar-refractivity contribution in [3.05, 3.63) is 46.5 Å². The van der Waals surface area contributed by atoms with Gasteiger partial charge in [0.1, 0.15) is 11.4 Å². The minimum absolute atomic E-state index is 0.0302. The van der Waals surface area contributed by atoms with E-state index < -0.39 is 17.5 Å². The lowest BCUT2D eigenvalue weighted by molar-refractivity contribution is -0.115. The lowest BCUT2D eigenvalue weighted by Crippen LogP contribution is -2.15. The van der Waals surface area contributed by atoms with Gasteiger partial charge in [-0.25, -0.2) is 13.8 Å².